The summed E-state index contributed by atoms with van der Waals surface area (Å²) in [5.41, 5.74) is 1.09. The van der Waals surface area contributed by atoms with Gasteiger partial charge in [0.2, 0.25) is 0 Å². The van der Waals surface area contributed by atoms with E-state index >= 15 is 0 Å². The molecule has 1 aromatic carbocycles. The highest BCUT2D eigenvalue weighted by Gasteiger charge is 2.26. The van der Waals surface area contributed by atoms with Crippen molar-refractivity contribution in [1.29, 1.82) is 0 Å². The first-order chi connectivity index (χ1) is 7.57. The Morgan fingerprint density at radius 3 is 2.00 bits per heavy atom. The monoisotopic (exact) mass is 300 g/mol. The van der Waals surface area contributed by atoms with Crippen LogP contribution in [0.2, 0.25) is 0 Å². The maximum Gasteiger partial charge on any atom is 0.139 e. The van der Waals surface area contributed by atoms with E-state index in [0.717, 1.165) is 10.0 Å². The highest BCUT2D eigenvalue weighted by molar-refractivity contribution is 9.10. The molecule has 0 saturated heterocycles. The molecule has 0 spiro atoms. The Morgan fingerprint density at radius 2 is 1.65 bits per heavy atom. The number of ether oxygens (including phenoxy) is 1. The highest BCUT2D eigenvalue weighted by Crippen LogP contribution is 2.39. The Balaban J connectivity index is 3.51. The zero-order valence-electron chi connectivity index (χ0n) is 11.4. The lowest BCUT2D eigenvalue weighted by Gasteiger charge is -2.26. The van der Waals surface area contributed by atoms with E-state index in [9.17, 15) is 5.11 Å². The number of methoxy groups -OCH3 is 1. The van der Waals surface area contributed by atoms with Crippen molar-refractivity contribution in [2.75, 3.05) is 7.11 Å². The molecular weight excluding hydrogens is 280 g/mol. The molecule has 3 heteroatoms. The molecule has 1 N–H and O–H groups in total. The van der Waals surface area contributed by atoms with Crippen molar-refractivity contribution >= 4 is 15.9 Å². The quantitative estimate of drug-likeness (QED) is 0.895. The summed E-state index contributed by atoms with van der Waals surface area (Å²) >= 11 is 3.51. The topological polar surface area (TPSA) is 29.5 Å². The molecule has 0 atom stereocenters. The van der Waals surface area contributed by atoms with Gasteiger partial charge in [-0.25, -0.2) is 0 Å². The molecule has 0 heterocycles. The van der Waals surface area contributed by atoms with Gasteiger partial charge in [0.15, 0.2) is 0 Å². The standard InChI is InChI=1S/C14H21BrO2/c1-13(2,3)9-7-10(14(4,5)16)12(17-6)11(15)8-9/h7-8,16H,1-6H3. The van der Waals surface area contributed by atoms with Gasteiger partial charge in [-0.1, -0.05) is 20.8 Å². The first-order valence-corrected chi connectivity index (χ1v) is 6.47. The lowest BCUT2D eigenvalue weighted by atomic mass is 9.84. The average Bonchev–Trinajstić information content (AvgIpc) is 2.13. The largest absolute Gasteiger partial charge is 0.495 e. The number of halogens is 1. The van der Waals surface area contributed by atoms with Gasteiger partial charge in [0.05, 0.1) is 17.2 Å². The second-order valence-electron chi connectivity index (χ2n) is 5.85. The Labute approximate surface area is 112 Å². The number of hydrogen-bond donors (Lipinski definition) is 1. The fourth-order valence-corrected chi connectivity index (χ4v) is 2.31. The van der Waals surface area contributed by atoms with Crippen LogP contribution < -0.4 is 4.74 Å². The maximum atomic E-state index is 10.2. The molecule has 1 rings (SSSR count). The first kappa shape index (κ1) is 14.5. The van der Waals surface area contributed by atoms with Crippen LogP contribution in [0.3, 0.4) is 0 Å². The highest BCUT2D eigenvalue weighted by atomic mass is 79.9. The summed E-state index contributed by atoms with van der Waals surface area (Å²) < 4.78 is 6.24. The number of aliphatic hydroxyl groups is 1. The molecule has 17 heavy (non-hydrogen) atoms. The Morgan fingerprint density at radius 1 is 1.12 bits per heavy atom. The number of hydrogen-bond acceptors (Lipinski definition) is 2. The van der Waals surface area contributed by atoms with Crippen molar-refractivity contribution in [2.45, 2.75) is 45.6 Å². The molecule has 2 nitrogen and oxygen atoms in total. The predicted molar refractivity (Wildman–Crippen MR) is 74.6 cm³/mol. The Kier molecular flexibility index (Phi) is 3.94. The molecule has 0 saturated carbocycles. The molecule has 0 bridgehead atoms. The van der Waals surface area contributed by atoms with Crippen LogP contribution in [0.1, 0.15) is 45.7 Å². The molecule has 1 aromatic rings. The summed E-state index contributed by atoms with van der Waals surface area (Å²) in [5.74, 6) is 0.700. The van der Waals surface area contributed by atoms with Crippen molar-refractivity contribution in [1.82, 2.24) is 0 Å². The van der Waals surface area contributed by atoms with Gasteiger partial charge in [0, 0.05) is 5.56 Å². The summed E-state index contributed by atoms with van der Waals surface area (Å²) in [4.78, 5) is 0. The van der Waals surface area contributed by atoms with Crippen LogP contribution in [-0.4, -0.2) is 12.2 Å². The van der Waals surface area contributed by atoms with Crippen molar-refractivity contribution in [3.63, 3.8) is 0 Å². The Bertz CT molecular complexity index is 411. The summed E-state index contributed by atoms with van der Waals surface area (Å²) in [6, 6.07) is 4.07. The van der Waals surface area contributed by atoms with Gasteiger partial charge < -0.3 is 9.84 Å². The SMILES string of the molecule is COc1c(Br)cc(C(C)(C)C)cc1C(C)(C)O. The summed E-state index contributed by atoms with van der Waals surface area (Å²) in [6.07, 6.45) is 0. The van der Waals surface area contributed by atoms with E-state index in [1.54, 1.807) is 21.0 Å². The van der Waals surface area contributed by atoms with Crippen molar-refractivity contribution in [3.05, 3.63) is 27.7 Å². The fourth-order valence-electron chi connectivity index (χ4n) is 1.69. The smallest absolute Gasteiger partial charge is 0.139 e. The fraction of sp³-hybridized carbons (Fsp3) is 0.571. The molecular formula is C14H21BrO2. The van der Waals surface area contributed by atoms with Gasteiger partial charge in [0.25, 0.3) is 0 Å². The van der Waals surface area contributed by atoms with Crippen LogP contribution in [0.5, 0.6) is 5.75 Å². The molecule has 0 unspecified atom stereocenters. The second kappa shape index (κ2) is 4.62. The molecule has 0 amide bonds. The van der Waals surface area contributed by atoms with Gasteiger partial charge in [-0.05, 0) is 52.9 Å². The minimum Gasteiger partial charge on any atom is -0.495 e. The minimum atomic E-state index is -0.922. The van der Waals surface area contributed by atoms with E-state index in [0.29, 0.717) is 5.75 Å². The third-order valence-electron chi connectivity index (χ3n) is 2.77. The van der Waals surface area contributed by atoms with Gasteiger partial charge >= 0.3 is 0 Å². The normalized spacial score (nSPS) is 12.7. The van der Waals surface area contributed by atoms with Crippen molar-refractivity contribution in [3.8, 4) is 5.75 Å². The lowest BCUT2D eigenvalue weighted by Crippen LogP contribution is -2.20. The maximum absolute atomic E-state index is 10.2. The third-order valence-corrected chi connectivity index (χ3v) is 3.36. The Hall–Kier alpha value is -0.540. The van der Waals surface area contributed by atoms with Crippen LogP contribution in [0.15, 0.2) is 16.6 Å². The molecule has 0 aliphatic carbocycles. The zero-order valence-corrected chi connectivity index (χ0v) is 13.0. The van der Waals surface area contributed by atoms with Crippen molar-refractivity contribution < 1.29 is 9.84 Å². The van der Waals surface area contributed by atoms with Gasteiger partial charge in [-0.15, -0.1) is 0 Å². The van der Waals surface area contributed by atoms with Gasteiger partial charge in [-0.3, -0.25) is 0 Å². The second-order valence-corrected chi connectivity index (χ2v) is 6.70. The van der Waals surface area contributed by atoms with Crippen LogP contribution in [0, 0.1) is 0 Å². The van der Waals surface area contributed by atoms with Crippen molar-refractivity contribution in [2.24, 2.45) is 0 Å². The van der Waals surface area contributed by atoms with E-state index < -0.39 is 5.60 Å². The van der Waals surface area contributed by atoms with Crippen LogP contribution in [0.4, 0.5) is 0 Å². The zero-order chi connectivity index (χ0) is 13.4. The molecule has 0 aliphatic heterocycles. The van der Waals surface area contributed by atoms with E-state index in [4.69, 9.17) is 4.74 Å². The summed E-state index contributed by atoms with van der Waals surface area (Å²) in [6.45, 7) is 9.98. The molecule has 0 fully saturated rings. The lowest BCUT2D eigenvalue weighted by molar-refractivity contribution is 0.0753. The molecule has 0 radical (unpaired) electrons. The van der Waals surface area contributed by atoms with E-state index in [1.165, 1.54) is 5.56 Å². The van der Waals surface area contributed by atoms with E-state index in [-0.39, 0.29) is 5.41 Å². The van der Waals surface area contributed by atoms with Crippen LogP contribution in [-0.2, 0) is 11.0 Å². The van der Waals surface area contributed by atoms with Crippen LogP contribution in [0.25, 0.3) is 0 Å². The number of rotatable bonds is 2. The molecule has 0 aliphatic rings. The minimum absolute atomic E-state index is 0.0365. The summed E-state index contributed by atoms with van der Waals surface area (Å²) in [5, 5.41) is 10.2. The molecule has 96 valence electrons. The first-order valence-electron chi connectivity index (χ1n) is 5.68. The predicted octanol–water partition coefficient (Wildman–Crippen LogP) is 3.98. The van der Waals surface area contributed by atoms with Gasteiger partial charge in [0.1, 0.15) is 5.75 Å². The van der Waals surface area contributed by atoms with Gasteiger partial charge in [-0.2, -0.15) is 0 Å². The van der Waals surface area contributed by atoms with E-state index in [2.05, 4.69) is 36.7 Å². The molecule has 0 aromatic heterocycles. The third kappa shape index (κ3) is 3.23. The average molecular weight is 301 g/mol. The summed E-state index contributed by atoms with van der Waals surface area (Å²) in [7, 11) is 1.62. The van der Waals surface area contributed by atoms with E-state index in [1.807, 2.05) is 12.1 Å². The van der Waals surface area contributed by atoms with Crippen LogP contribution >= 0.6 is 15.9 Å². The number of benzene rings is 1.